The number of rotatable bonds is 9. The quantitative estimate of drug-likeness (QED) is 0.403. The highest BCUT2D eigenvalue weighted by atomic mass is 16.5. The standard InChI is InChI=1S/C25H28N6O2/c1-3-13-33-24-21(23(32)27-11-9-17(2)18-7-5-4-6-8-18)14-20(16-28-24)19-10-12-31-22(15-19)29-25(26)30-31/h4-8,10,12,14-17H,3,9,11,13H2,1-2H3,(H2,26,30)(H,27,32). The number of nitrogens with zero attached hydrogens (tertiary/aromatic N) is 4. The zero-order chi connectivity index (χ0) is 23.2. The van der Waals surface area contributed by atoms with Crippen LogP contribution in [0.4, 0.5) is 5.95 Å². The Morgan fingerprint density at radius 1 is 1.18 bits per heavy atom. The first-order chi connectivity index (χ1) is 16.0. The van der Waals surface area contributed by atoms with Gasteiger partial charge in [-0.2, -0.15) is 4.98 Å². The number of aromatic nitrogens is 4. The summed E-state index contributed by atoms with van der Waals surface area (Å²) in [5.74, 6) is 0.679. The number of nitrogens with two attached hydrogens (primary N) is 1. The minimum Gasteiger partial charge on any atom is -0.477 e. The fourth-order valence-electron chi connectivity index (χ4n) is 3.61. The summed E-state index contributed by atoms with van der Waals surface area (Å²) in [7, 11) is 0. The molecule has 0 aliphatic carbocycles. The molecule has 4 rings (SSSR count). The van der Waals surface area contributed by atoms with Crippen molar-refractivity contribution < 1.29 is 9.53 Å². The van der Waals surface area contributed by atoms with Crippen LogP contribution in [0.1, 0.15) is 48.5 Å². The van der Waals surface area contributed by atoms with Gasteiger partial charge in [-0.25, -0.2) is 9.50 Å². The molecule has 4 aromatic rings. The van der Waals surface area contributed by atoms with Crippen molar-refractivity contribution in [2.45, 2.75) is 32.6 Å². The molecule has 8 heteroatoms. The third kappa shape index (κ3) is 5.28. The molecular weight excluding hydrogens is 416 g/mol. The van der Waals surface area contributed by atoms with Crippen LogP contribution in [0.25, 0.3) is 16.8 Å². The minimum absolute atomic E-state index is 0.205. The lowest BCUT2D eigenvalue weighted by Gasteiger charge is -2.14. The molecule has 170 valence electrons. The van der Waals surface area contributed by atoms with Gasteiger partial charge in [-0.15, -0.1) is 5.10 Å². The average Bonchev–Trinajstić information content (AvgIpc) is 3.22. The molecular formula is C25H28N6O2. The van der Waals surface area contributed by atoms with E-state index in [2.05, 4.69) is 39.4 Å². The Morgan fingerprint density at radius 2 is 2.00 bits per heavy atom. The molecule has 0 aliphatic heterocycles. The molecule has 33 heavy (non-hydrogen) atoms. The second kappa shape index (κ2) is 10.1. The number of carbonyl (C=O) groups is 1. The van der Waals surface area contributed by atoms with Gasteiger partial charge in [-0.1, -0.05) is 44.2 Å². The van der Waals surface area contributed by atoms with Crippen molar-refractivity contribution in [1.82, 2.24) is 24.9 Å². The first kappa shape index (κ1) is 22.3. The Kier molecular flexibility index (Phi) is 6.83. The van der Waals surface area contributed by atoms with Crippen molar-refractivity contribution in [2.24, 2.45) is 0 Å². The fourth-order valence-corrected chi connectivity index (χ4v) is 3.61. The normalized spacial score (nSPS) is 11.9. The van der Waals surface area contributed by atoms with Gasteiger partial charge in [-0.3, -0.25) is 4.79 Å². The number of pyridine rings is 2. The predicted molar refractivity (Wildman–Crippen MR) is 128 cm³/mol. The maximum atomic E-state index is 13.1. The first-order valence-electron chi connectivity index (χ1n) is 11.1. The number of fused-ring (bicyclic) bond motifs is 1. The Balaban J connectivity index is 1.53. The molecule has 1 unspecified atom stereocenters. The van der Waals surface area contributed by atoms with Gasteiger partial charge < -0.3 is 15.8 Å². The van der Waals surface area contributed by atoms with E-state index in [0.717, 1.165) is 24.0 Å². The summed E-state index contributed by atoms with van der Waals surface area (Å²) in [5, 5.41) is 7.12. The van der Waals surface area contributed by atoms with Crippen LogP contribution in [0.3, 0.4) is 0 Å². The van der Waals surface area contributed by atoms with Crippen molar-refractivity contribution in [3.63, 3.8) is 0 Å². The van der Waals surface area contributed by atoms with Crippen LogP contribution in [0.5, 0.6) is 5.88 Å². The SMILES string of the molecule is CCCOc1ncc(-c2ccn3nc(N)nc3c2)cc1C(=O)NCCC(C)c1ccccc1. The zero-order valence-corrected chi connectivity index (χ0v) is 18.9. The van der Waals surface area contributed by atoms with Gasteiger partial charge in [0.05, 0.1) is 6.61 Å². The largest absolute Gasteiger partial charge is 0.477 e. The maximum Gasteiger partial charge on any atom is 0.256 e. The van der Waals surface area contributed by atoms with Crippen LogP contribution >= 0.6 is 0 Å². The molecule has 3 aromatic heterocycles. The Labute approximate surface area is 192 Å². The summed E-state index contributed by atoms with van der Waals surface area (Å²) >= 11 is 0. The number of amides is 1. The molecule has 3 heterocycles. The Bertz CT molecular complexity index is 1240. The van der Waals surface area contributed by atoms with Crippen LogP contribution < -0.4 is 15.8 Å². The average molecular weight is 445 g/mol. The number of hydrogen-bond acceptors (Lipinski definition) is 6. The number of anilines is 1. The second-order valence-electron chi connectivity index (χ2n) is 7.97. The van der Waals surface area contributed by atoms with Crippen molar-refractivity contribution in [3.8, 4) is 17.0 Å². The molecule has 1 atom stereocenters. The highest BCUT2D eigenvalue weighted by Crippen LogP contribution is 2.26. The highest BCUT2D eigenvalue weighted by molar-refractivity contribution is 5.97. The molecule has 0 saturated heterocycles. The summed E-state index contributed by atoms with van der Waals surface area (Å²) in [6.07, 6.45) is 5.13. The van der Waals surface area contributed by atoms with Crippen LogP contribution in [0.15, 0.2) is 60.9 Å². The minimum atomic E-state index is -0.205. The van der Waals surface area contributed by atoms with Crippen molar-refractivity contribution in [2.75, 3.05) is 18.9 Å². The molecule has 0 saturated carbocycles. The van der Waals surface area contributed by atoms with Gasteiger partial charge in [0.15, 0.2) is 5.65 Å². The van der Waals surface area contributed by atoms with E-state index < -0.39 is 0 Å². The van der Waals surface area contributed by atoms with Crippen molar-refractivity contribution >= 4 is 17.5 Å². The number of nitrogen functional groups attached to an aromatic ring is 1. The van der Waals surface area contributed by atoms with E-state index in [1.807, 2.05) is 37.3 Å². The Hall–Kier alpha value is -3.94. The third-order valence-electron chi connectivity index (χ3n) is 5.46. The van der Waals surface area contributed by atoms with Crippen LogP contribution in [-0.4, -0.2) is 38.6 Å². The van der Waals surface area contributed by atoms with E-state index in [-0.39, 0.29) is 11.9 Å². The van der Waals surface area contributed by atoms with Gasteiger partial charge in [0, 0.05) is 24.5 Å². The number of carbonyl (C=O) groups excluding carboxylic acids is 1. The second-order valence-corrected chi connectivity index (χ2v) is 7.97. The molecule has 8 nitrogen and oxygen atoms in total. The van der Waals surface area contributed by atoms with Gasteiger partial charge >= 0.3 is 0 Å². The van der Waals surface area contributed by atoms with Gasteiger partial charge in [0.1, 0.15) is 5.56 Å². The number of hydrogen-bond donors (Lipinski definition) is 2. The lowest BCUT2D eigenvalue weighted by Crippen LogP contribution is -2.26. The summed E-state index contributed by atoms with van der Waals surface area (Å²) in [6.45, 7) is 5.21. The van der Waals surface area contributed by atoms with Crippen LogP contribution in [-0.2, 0) is 0 Å². The first-order valence-corrected chi connectivity index (χ1v) is 11.1. The smallest absolute Gasteiger partial charge is 0.256 e. The van der Waals surface area contributed by atoms with Crippen LogP contribution in [0.2, 0.25) is 0 Å². The van der Waals surface area contributed by atoms with Gasteiger partial charge in [0.25, 0.3) is 5.91 Å². The molecule has 0 aliphatic rings. The molecule has 0 bridgehead atoms. The molecule has 1 aromatic carbocycles. The van der Waals surface area contributed by atoms with E-state index in [1.165, 1.54) is 5.56 Å². The summed E-state index contributed by atoms with van der Waals surface area (Å²) < 4.78 is 7.36. The monoisotopic (exact) mass is 444 g/mol. The number of nitrogens with one attached hydrogen (secondary N) is 1. The van der Waals surface area contributed by atoms with Crippen LogP contribution in [0, 0.1) is 0 Å². The molecule has 1 amide bonds. The maximum absolute atomic E-state index is 13.1. The summed E-state index contributed by atoms with van der Waals surface area (Å²) in [4.78, 5) is 21.7. The molecule has 0 fully saturated rings. The fraction of sp³-hybridized carbons (Fsp3) is 0.280. The van der Waals surface area contributed by atoms with Crippen molar-refractivity contribution in [3.05, 3.63) is 72.1 Å². The lowest BCUT2D eigenvalue weighted by atomic mass is 9.98. The van der Waals surface area contributed by atoms with E-state index >= 15 is 0 Å². The lowest BCUT2D eigenvalue weighted by molar-refractivity contribution is 0.0947. The van der Waals surface area contributed by atoms with E-state index in [4.69, 9.17) is 10.5 Å². The van der Waals surface area contributed by atoms with Gasteiger partial charge in [-0.05, 0) is 48.1 Å². The topological polar surface area (TPSA) is 107 Å². The molecule has 0 spiro atoms. The third-order valence-corrected chi connectivity index (χ3v) is 5.46. The molecule has 0 radical (unpaired) electrons. The summed E-state index contributed by atoms with van der Waals surface area (Å²) in [6, 6.07) is 15.8. The van der Waals surface area contributed by atoms with E-state index in [0.29, 0.717) is 36.2 Å². The number of ether oxygens (including phenoxy) is 1. The number of benzene rings is 1. The highest BCUT2D eigenvalue weighted by Gasteiger charge is 2.17. The van der Waals surface area contributed by atoms with Crippen molar-refractivity contribution in [1.29, 1.82) is 0 Å². The predicted octanol–water partition coefficient (Wildman–Crippen LogP) is 4.09. The van der Waals surface area contributed by atoms with E-state index in [9.17, 15) is 4.79 Å². The molecule has 3 N–H and O–H groups in total. The van der Waals surface area contributed by atoms with E-state index in [1.54, 1.807) is 23.0 Å². The van der Waals surface area contributed by atoms with Gasteiger partial charge in [0.2, 0.25) is 11.8 Å². The Morgan fingerprint density at radius 3 is 2.79 bits per heavy atom. The summed E-state index contributed by atoms with van der Waals surface area (Å²) in [5.41, 5.74) is 9.62. The zero-order valence-electron chi connectivity index (χ0n) is 18.9.